The minimum absolute atomic E-state index is 0.483. The zero-order valence-electron chi connectivity index (χ0n) is 10.7. The quantitative estimate of drug-likeness (QED) is 0.671. The fourth-order valence-electron chi connectivity index (χ4n) is 1.76. The van der Waals surface area contributed by atoms with Crippen molar-refractivity contribution >= 4 is 17.3 Å². The standard InChI is InChI=1S/C15H16ClNO2/c1-18-7-8-19-15-6-5-12(10-14(15)17)11-3-2-4-13(16)9-11/h2-6,9-10H,7-8,17H2,1H3. The Balaban J connectivity index is 2.19. The van der Waals surface area contributed by atoms with Crippen molar-refractivity contribution in [2.24, 2.45) is 0 Å². The van der Waals surface area contributed by atoms with Gasteiger partial charge >= 0.3 is 0 Å². The van der Waals surface area contributed by atoms with Crippen molar-refractivity contribution in [3.05, 3.63) is 47.5 Å². The molecule has 2 rings (SSSR count). The number of nitrogen functional groups attached to an aromatic ring is 1. The van der Waals surface area contributed by atoms with Gasteiger partial charge in [0.15, 0.2) is 0 Å². The summed E-state index contributed by atoms with van der Waals surface area (Å²) < 4.78 is 10.4. The molecule has 3 nitrogen and oxygen atoms in total. The molecule has 0 radical (unpaired) electrons. The van der Waals surface area contributed by atoms with Crippen molar-refractivity contribution in [2.75, 3.05) is 26.1 Å². The first-order chi connectivity index (χ1) is 9.20. The number of nitrogens with two attached hydrogens (primary N) is 1. The molecule has 19 heavy (non-hydrogen) atoms. The number of methoxy groups -OCH3 is 1. The Labute approximate surface area is 117 Å². The number of anilines is 1. The molecule has 0 spiro atoms. The Hall–Kier alpha value is -1.71. The van der Waals surface area contributed by atoms with Crippen LogP contribution in [0.25, 0.3) is 11.1 Å². The third kappa shape index (κ3) is 3.63. The second kappa shape index (κ2) is 6.45. The van der Waals surface area contributed by atoms with Gasteiger partial charge in [0.25, 0.3) is 0 Å². The smallest absolute Gasteiger partial charge is 0.142 e. The molecule has 2 N–H and O–H groups in total. The van der Waals surface area contributed by atoms with Crippen LogP contribution >= 0.6 is 11.6 Å². The van der Waals surface area contributed by atoms with Gasteiger partial charge in [0.05, 0.1) is 12.3 Å². The topological polar surface area (TPSA) is 44.5 Å². The number of benzene rings is 2. The molecule has 0 atom stereocenters. The molecule has 0 saturated carbocycles. The van der Waals surface area contributed by atoms with Gasteiger partial charge in [0, 0.05) is 12.1 Å². The summed E-state index contributed by atoms with van der Waals surface area (Å²) in [7, 11) is 1.63. The molecule has 0 aliphatic heterocycles. The summed E-state index contributed by atoms with van der Waals surface area (Å²) in [6.07, 6.45) is 0. The Morgan fingerprint density at radius 2 is 1.84 bits per heavy atom. The van der Waals surface area contributed by atoms with Crippen LogP contribution in [-0.2, 0) is 4.74 Å². The van der Waals surface area contributed by atoms with E-state index in [1.54, 1.807) is 7.11 Å². The van der Waals surface area contributed by atoms with Crippen LogP contribution in [0.3, 0.4) is 0 Å². The third-order valence-electron chi connectivity index (χ3n) is 2.71. The summed E-state index contributed by atoms with van der Waals surface area (Å²) >= 11 is 5.98. The van der Waals surface area contributed by atoms with Crippen LogP contribution in [0.5, 0.6) is 5.75 Å². The number of hydrogen-bond donors (Lipinski definition) is 1. The van der Waals surface area contributed by atoms with Crippen molar-refractivity contribution in [1.82, 2.24) is 0 Å². The van der Waals surface area contributed by atoms with Crippen molar-refractivity contribution < 1.29 is 9.47 Å². The first-order valence-electron chi connectivity index (χ1n) is 5.98. The first kappa shape index (κ1) is 13.7. The van der Waals surface area contributed by atoms with Crippen molar-refractivity contribution in [2.45, 2.75) is 0 Å². The van der Waals surface area contributed by atoms with Gasteiger partial charge in [-0.1, -0.05) is 29.8 Å². The van der Waals surface area contributed by atoms with E-state index >= 15 is 0 Å². The van der Waals surface area contributed by atoms with E-state index in [4.69, 9.17) is 26.8 Å². The molecule has 0 unspecified atom stereocenters. The predicted octanol–water partition coefficient (Wildman–Crippen LogP) is 3.61. The number of ether oxygens (including phenoxy) is 2. The van der Waals surface area contributed by atoms with Crippen molar-refractivity contribution in [3.63, 3.8) is 0 Å². The number of halogens is 1. The Morgan fingerprint density at radius 1 is 1.05 bits per heavy atom. The number of hydrogen-bond acceptors (Lipinski definition) is 3. The third-order valence-corrected chi connectivity index (χ3v) is 2.95. The van der Waals surface area contributed by atoms with E-state index in [0.29, 0.717) is 29.7 Å². The lowest BCUT2D eigenvalue weighted by molar-refractivity contribution is 0.147. The van der Waals surface area contributed by atoms with Crippen LogP contribution in [0.2, 0.25) is 5.02 Å². The molecule has 0 heterocycles. The maximum absolute atomic E-state index is 5.98. The average Bonchev–Trinajstić information content (AvgIpc) is 2.41. The molecule has 0 aliphatic carbocycles. The van der Waals surface area contributed by atoms with Gasteiger partial charge in [-0.3, -0.25) is 0 Å². The highest BCUT2D eigenvalue weighted by Crippen LogP contribution is 2.29. The van der Waals surface area contributed by atoms with E-state index in [1.807, 2.05) is 42.5 Å². The summed E-state index contributed by atoms with van der Waals surface area (Å²) in [4.78, 5) is 0. The SMILES string of the molecule is COCCOc1ccc(-c2cccc(Cl)c2)cc1N. The monoisotopic (exact) mass is 277 g/mol. The van der Waals surface area contributed by atoms with Gasteiger partial charge in [0.2, 0.25) is 0 Å². The highest BCUT2D eigenvalue weighted by atomic mass is 35.5. The van der Waals surface area contributed by atoms with Crippen LogP contribution < -0.4 is 10.5 Å². The fraction of sp³-hybridized carbons (Fsp3) is 0.200. The Morgan fingerprint density at radius 3 is 2.53 bits per heavy atom. The molecule has 0 amide bonds. The minimum atomic E-state index is 0.483. The normalized spacial score (nSPS) is 10.4. The highest BCUT2D eigenvalue weighted by Gasteiger charge is 2.04. The van der Waals surface area contributed by atoms with E-state index in [9.17, 15) is 0 Å². The Kier molecular flexibility index (Phi) is 4.66. The van der Waals surface area contributed by atoms with Crippen LogP contribution in [0, 0.1) is 0 Å². The molecule has 0 saturated heterocycles. The fourth-order valence-corrected chi connectivity index (χ4v) is 1.95. The summed E-state index contributed by atoms with van der Waals surface area (Å²) in [5.41, 5.74) is 8.63. The molecule has 0 aliphatic rings. The lowest BCUT2D eigenvalue weighted by atomic mass is 10.0. The Bertz CT molecular complexity index is 558. The van der Waals surface area contributed by atoms with Crippen LogP contribution in [0.4, 0.5) is 5.69 Å². The second-order valence-corrected chi connectivity index (χ2v) is 4.54. The largest absolute Gasteiger partial charge is 0.489 e. The van der Waals surface area contributed by atoms with E-state index in [2.05, 4.69) is 0 Å². The van der Waals surface area contributed by atoms with E-state index in [-0.39, 0.29) is 0 Å². The van der Waals surface area contributed by atoms with E-state index in [1.165, 1.54) is 0 Å². The molecule has 4 heteroatoms. The summed E-state index contributed by atoms with van der Waals surface area (Å²) in [6, 6.07) is 13.4. The van der Waals surface area contributed by atoms with Crippen LogP contribution in [0.15, 0.2) is 42.5 Å². The lowest BCUT2D eigenvalue weighted by Gasteiger charge is -2.10. The van der Waals surface area contributed by atoms with Crippen LogP contribution in [0.1, 0.15) is 0 Å². The summed E-state index contributed by atoms with van der Waals surface area (Å²) in [6.45, 7) is 1.02. The molecule has 2 aromatic carbocycles. The second-order valence-electron chi connectivity index (χ2n) is 4.10. The zero-order valence-corrected chi connectivity index (χ0v) is 11.5. The summed E-state index contributed by atoms with van der Waals surface area (Å²) in [5, 5.41) is 0.705. The van der Waals surface area contributed by atoms with Gasteiger partial charge in [0.1, 0.15) is 12.4 Å². The molecule has 2 aromatic rings. The van der Waals surface area contributed by atoms with Gasteiger partial charge in [-0.15, -0.1) is 0 Å². The minimum Gasteiger partial charge on any atom is -0.489 e. The average molecular weight is 278 g/mol. The lowest BCUT2D eigenvalue weighted by Crippen LogP contribution is -2.05. The van der Waals surface area contributed by atoms with Gasteiger partial charge in [-0.2, -0.15) is 0 Å². The van der Waals surface area contributed by atoms with Gasteiger partial charge in [-0.05, 0) is 35.4 Å². The zero-order chi connectivity index (χ0) is 13.7. The maximum atomic E-state index is 5.98. The first-order valence-corrected chi connectivity index (χ1v) is 6.35. The highest BCUT2D eigenvalue weighted by molar-refractivity contribution is 6.30. The maximum Gasteiger partial charge on any atom is 0.142 e. The molecular formula is C15H16ClNO2. The molecule has 0 bridgehead atoms. The molecule has 0 fully saturated rings. The molecule has 100 valence electrons. The molecular weight excluding hydrogens is 262 g/mol. The molecule has 0 aromatic heterocycles. The van der Waals surface area contributed by atoms with Crippen molar-refractivity contribution in [3.8, 4) is 16.9 Å². The van der Waals surface area contributed by atoms with Gasteiger partial charge in [-0.25, -0.2) is 0 Å². The number of rotatable bonds is 5. The van der Waals surface area contributed by atoms with Crippen LogP contribution in [-0.4, -0.2) is 20.3 Å². The van der Waals surface area contributed by atoms with E-state index in [0.717, 1.165) is 11.1 Å². The van der Waals surface area contributed by atoms with E-state index < -0.39 is 0 Å². The predicted molar refractivity (Wildman–Crippen MR) is 78.7 cm³/mol. The van der Waals surface area contributed by atoms with Crippen molar-refractivity contribution in [1.29, 1.82) is 0 Å². The van der Waals surface area contributed by atoms with Gasteiger partial charge < -0.3 is 15.2 Å². The summed E-state index contributed by atoms with van der Waals surface area (Å²) in [5.74, 6) is 0.669.